The number of hydrogen-bond donors (Lipinski definition) is 0. The van der Waals surface area contributed by atoms with Crippen molar-refractivity contribution in [3.8, 4) is 23.0 Å². The summed E-state index contributed by atoms with van der Waals surface area (Å²) in [5.74, 6) is 3.54. The molecule has 0 aliphatic rings. The lowest BCUT2D eigenvalue weighted by atomic mass is 10.1. The fourth-order valence-corrected chi connectivity index (χ4v) is 11.4. The standard InChI is InChI=1S/C40H52O5Si2/c1-9-29-17-33(41-13-5)25-37(21-29)46(38-22-30(10-2)18-34(26-38)42-14-6)45-47(39-23-31(11-3)19-35(27-39)43-15-7)40-24-32(12-4)20-36(28-40)44-16-8/h17-28H,9-16H2,1-8H3. The molecule has 0 atom stereocenters. The Hall–Kier alpha value is -3.53. The zero-order valence-corrected chi connectivity index (χ0v) is 31.6. The second-order valence-corrected chi connectivity index (χ2v) is 15.8. The van der Waals surface area contributed by atoms with Gasteiger partial charge in [-0.05, 0) is 145 Å². The van der Waals surface area contributed by atoms with Gasteiger partial charge in [0.1, 0.15) is 23.0 Å². The number of benzene rings is 4. The third-order valence-electron chi connectivity index (χ3n) is 8.00. The minimum absolute atomic E-state index is 0.610. The lowest BCUT2D eigenvalue weighted by Crippen LogP contribution is -2.56. The molecular weight excluding hydrogens is 617 g/mol. The quantitative estimate of drug-likeness (QED) is 0.114. The predicted octanol–water partition coefficient (Wildman–Crippen LogP) is 6.46. The molecule has 0 N–H and O–H groups in total. The molecule has 5 nitrogen and oxygen atoms in total. The minimum Gasteiger partial charge on any atom is -0.494 e. The number of hydrogen-bond acceptors (Lipinski definition) is 5. The van der Waals surface area contributed by atoms with Gasteiger partial charge in [0.25, 0.3) is 18.1 Å². The van der Waals surface area contributed by atoms with Crippen LogP contribution in [0.1, 0.15) is 77.6 Å². The lowest BCUT2D eigenvalue weighted by Gasteiger charge is -2.26. The van der Waals surface area contributed by atoms with Crippen LogP contribution in [0.4, 0.5) is 0 Å². The zero-order chi connectivity index (χ0) is 33.8. The van der Waals surface area contributed by atoms with E-state index in [-0.39, 0.29) is 0 Å². The van der Waals surface area contributed by atoms with E-state index in [0.717, 1.165) is 48.7 Å². The van der Waals surface area contributed by atoms with E-state index in [9.17, 15) is 0 Å². The van der Waals surface area contributed by atoms with Crippen molar-refractivity contribution in [1.29, 1.82) is 0 Å². The third-order valence-corrected chi connectivity index (χ3v) is 12.9. The molecule has 0 saturated carbocycles. The van der Waals surface area contributed by atoms with Crippen molar-refractivity contribution in [2.75, 3.05) is 26.4 Å². The van der Waals surface area contributed by atoms with Gasteiger partial charge in [-0.1, -0.05) is 52.0 Å². The molecule has 0 amide bonds. The van der Waals surface area contributed by atoms with E-state index in [0.29, 0.717) is 26.4 Å². The van der Waals surface area contributed by atoms with Crippen molar-refractivity contribution >= 4 is 38.8 Å². The van der Waals surface area contributed by atoms with Gasteiger partial charge in [0.2, 0.25) is 0 Å². The summed E-state index contributed by atoms with van der Waals surface area (Å²) in [5.41, 5.74) is 4.95. The predicted molar refractivity (Wildman–Crippen MR) is 199 cm³/mol. The van der Waals surface area contributed by atoms with Crippen LogP contribution < -0.4 is 39.7 Å². The fourth-order valence-electron chi connectivity index (χ4n) is 5.65. The molecule has 4 aromatic carbocycles. The van der Waals surface area contributed by atoms with E-state index in [2.05, 4.69) is 100 Å². The first-order valence-corrected chi connectivity index (χ1v) is 20.2. The molecule has 0 aromatic heterocycles. The highest BCUT2D eigenvalue weighted by molar-refractivity contribution is 6.92. The molecule has 7 heteroatoms. The summed E-state index contributed by atoms with van der Waals surface area (Å²) in [4.78, 5) is 0. The Morgan fingerprint density at radius 1 is 0.340 bits per heavy atom. The van der Waals surface area contributed by atoms with Gasteiger partial charge in [0.15, 0.2) is 0 Å². The van der Waals surface area contributed by atoms with E-state index in [1.807, 2.05) is 27.7 Å². The maximum Gasteiger partial charge on any atom is 0.272 e. The molecule has 0 aliphatic carbocycles. The summed E-state index contributed by atoms with van der Waals surface area (Å²) in [5, 5.41) is 4.68. The molecular formula is C40H52O5Si2. The lowest BCUT2D eigenvalue weighted by molar-refractivity contribution is 0.340. The molecule has 0 heterocycles. The summed E-state index contributed by atoms with van der Waals surface area (Å²) >= 11 is 0. The summed E-state index contributed by atoms with van der Waals surface area (Å²) in [6.07, 6.45) is 3.64. The fraction of sp³-hybridized carbons (Fsp3) is 0.400. The highest BCUT2D eigenvalue weighted by Gasteiger charge is 2.31. The van der Waals surface area contributed by atoms with E-state index >= 15 is 0 Å². The van der Waals surface area contributed by atoms with Gasteiger partial charge in [-0.15, -0.1) is 0 Å². The van der Waals surface area contributed by atoms with Crippen molar-refractivity contribution in [3.05, 3.63) is 95.1 Å². The molecule has 250 valence electrons. The van der Waals surface area contributed by atoms with Gasteiger partial charge in [-0.2, -0.15) is 0 Å². The van der Waals surface area contributed by atoms with Crippen LogP contribution in [0, 0.1) is 0 Å². The van der Waals surface area contributed by atoms with Crippen molar-refractivity contribution < 1.29 is 23.1 Å². The SMILES string of the molecule is CCOc1cc(CC)cc([Si](O[Si](c2cc(CC)cc(OCC)c2)c2cc(CC)cc(OCC)c2)c2cc(CC)cc(OCC)c2)c1. The normalized spacial score (nSPS) is 11.3. The maximum atomic E-state index is 7.71. The summed E-state index contributed by atoms with van der Waals surface area (Å²) in [6.45, 7) is 19.4. The highest BCUT2D eigenvalue weighted by Crippen LogP contribution is 2.20. The molecule has 0 saturated heterocycles. The Morgan fingerprint density at radius 2 is 0.574 bits per heavy atom. The molecule has 4 aromatic rings. The summed E-state index contributed by atoms with van der Waals surface area (Å²) in [6, 6.07) is 26.7. The zero-order valence-electron chi connectivity index (χ0n) is 29.6. The Morgan fingerprint density at radius 3 is 0.766 bits per heavy atom. The van der Waals surface area contributed by atoms with Crippen LogP contribution in [-0.4, -0.2) is 44.5 Å². The molecule has 0 bridgehead atoms. The van der Waals surface area contributed by atoms with E-state index in [1.165, 1.54) is 43.0 Å². The molecule has 0 aliphatic heterocycles. The van der Waals surface area contributed by atoms with Gasteiger partial charge in [0, 0.05) is 0 Å². The third kappa shape index (κ3) is 9.75. The van der Waals surface area contributed by atoms with Crippen LogP contribution in [0.3, 0.4) is 0 Å². The maximum absolute atomic E-state index is 7.71. The van der Waals surface area contributed by atoms with Crippen molar-refractivity contribution in [3.63, 3.8) is 0 Å². The minimum atomic E-state index is -1.82. The van der Waals surface area contributed by atoms with Gasteiger partial charge < -0.3 is 23.1 Å². The van der Waals surface area contributed by atoms with Crippen molar-refractivity contribution in [2.24, 2.45) is 0 Å². The number of rotatable bonds is 18. The first-order valence-electron chi connectivity index (χ1n) is 17.4. The van der Waals surface area contributed by atoms with Crippen LogP contribution >= 0.6 is 0 Å². The second-order valence-electron chi connectivity index (χ2n) is 11.4. The average Bonchev–Trinajstić information content (AvgIpc) is 3.08. The van der Waals surface area contributed by atoms with Crippen LogP contribution in [0.15, 0.2) is 72.8 Å². The summed E-state index contributed by atoms with van der Waals surface area (Å²) < 4.78 is 32.2. The average molecular weight is 669 g/mol. The van der Waals surface area contributed by atoms with Gasteiger partial charge in [0.05, 0.1) is 26.4 Å². The molecule has 4 rings (SSSR count). The molecule has 47 heavy (non-hydrogen) atoms. The highest BCUT2D eigenvalue weighted by atomic mass is 28.4. The van der Waals surface area contributed by atoms with E-state index in [1.54, 1.807) is 0 Å². The number of ether oxygens (including phenoxy) is 4. The Bertz CT molecular complexity index is 1360. The van der Waals surface area contributed by atoms with Crippen LogP contribution in [0.2, 0.25) is 0 Å². The van der Waals surface area contributed by atoms with Crippen molar-refractivity contribution in [2.45, 2.75) is 81.1 Å². The van der Waals surface area contributed by atoms with Crippen LogP contribution in [0.25, 0.3) is 0 Å². The molecule has 0 fully saturated rings. The van der Waals surface area contributed by atoms with E-state index in [4.69, 9.17) is 23.1 Å². The van der Waals surface area contributed by atoms with Gasteiger partial charge in [-0.3, -0.25) is 0 Å². The summed E-state index contributed by atoms with van der Waals surface area (Å²) in [7, 11) is -3.64. The molecule has 0 unspecified atom stereocenters. The van der Waals surface area contributed by atoms with E-state index < -0.39 is 18.1 Å². The largest absolute Gasteiger partial charge is 0.494 e. The van der Waals surface area contributed by atoms with Gasteiger partial charge in [-0.25, -0.2) is 0 Å². The first-order chi connectivity index (χ1) is 22.9. The molecule has 0 spiro atoms. The Kier molecular flexibility index (Phi) is 14.0. The Labute approximate surface area is 286 Å². The smallest absolute Gasteiger partial charge is 0.272 e. The van der Waals surface area contributed by atoms with Crippen molar-refractivity contribution in [1.82, 2.24) is 0 Å². The Balaban J connectivity index is 2.01. The monoisotopic (exact) mass is 668 g/mol. The van der Waals surface area contributed by atoms with Gasteiger partial charge >= 0.3 is 0 Å². The molecule has 2 radical (unpaired) electrons. The van der Waals surface area contributed by atoms with Crippen LogP contribution in [0.5, 0.6) is 23.0 Å². The topological polar surface area (TPSA) is 46.2 Å². The number of aryl methyl sites for hydroxylation is 4. The van der Waals surface area contributed by atoms with Crippen LogP contribution in [-0.2, 0) is 29.8 Å². The first kappa shape index (κ1) is 36.3. The second kappa shape index (κ2) is 18.1.